The van der Waals surface area contributed by atoms with Crippen LogP contribution in [0.2, 0.25) is 0 Å². The molecule has 22 heavy (non-hydrogen) atoms. The molecule has 0 N–H and O–H groups in total. The second-order valence-corrected chi connectivity index (χ2v) is 4.92. The van der Waals surface area contributed by atoms with Gasteiger partial charge in [0.25, 0.3) is 0 Å². The third-order valence-electron chi connectivity index (χ3n) is 2.95. The fourth-order valence-electron chi connectivity index (χ4n) is 1.84. The molecule has 0 aliphatic carbocycles. The summed E-state index contributed by atoms with van der Waals surface area (Å²) in [7, 11) is 5.30. The van der Waals surface area contributed by atoms with Crippen molar-refractivity contribution in [3.63, 3.8) is 0 Å². The summed E-state index contributed by atoms with van der Waals surface area (Å²) < 4.78 is 11.0. The lowest BCUT2D eigenvalue weighted by molar-refractivity contribution is 0.104. The molecule has 0 spiro atoms. The van der Waals surface area contributed by atoms with Crippen molar-refractivity contribution in [3.05, 3.63) is 66.4 Å². The van der Waals surface area contributed by atoms with Crippen LogP contribution in [0.5, 0.6) is 17.2 Å². The highest BCUT2D eigenvalue weighted by molar-refractivity contribution is 6.06. The van der Waals surface area contributed by atoms with Crippen LogP contribution >= 0.6 is 0 Å². The second kappa shape index (κ2) is 7.31. The maximum absolute atomic E-state index is 12.3. The fraction of sp³-hybridized carbons (Fsp3) is 0.167. The highest BCUT2D eigenvalue weighted by Gasteiger charge is 2.12. The third kappa shape index (κ3) is 4.12. The second-order valence-electron chi connectivity index (χ2n) is 4.92. The molecule has 0 atom stereocenters. The molecule has 0 fully saturated rings. The number of nitrogens with zero attached hydrogens (tertiary/aromatic N) is 1. The fourth-order valence-corrected chi connectivity index (χ4v) is 1.84. The van der Waals surface area contributed by atoms with Crippen molar-refractivity contribution in [1.29, 1.82) is 0 Å². The van der Waals surface area contributed by atoms with Crippen molar-refractivity contribution in [3.8, 4) is 17.2 Å². The van der Waals surface area contributed by atoms with E-state index in [-0.39, 0.29) is 5.78 Å². The van der Waals surface area contributed by atoms with Crippen molar-refractivity contribution in [2.45, 2.75) is 0 Å². The zero-order chi connectivity index (χ0) is 15.9. The van der Waals surface area contributed by atoms with Crippen LogP contribution in [0, 0.1) is 0 Å². The average molecular weight is 297 g/mol. The Morgan fingerprint density at radius 1 is 1.05 bits per heavy atom. The van der Waals surface area contributed by atoms with Gasteiger partial charge in [-0.1, -0.05) is 18.2 Å². The Labute approximate surface area is 130 Å². The summed E-state index contributed by atoms with van der Waals surface area (Å²) in [6.07, 6.45) is 3.22. The molecule has 0 amide bonds. The van der Waals surface area contributed by atoms with Crippen LogP contribution in [0.4, 0.5) is 0 Å². The van der Waals surface area contributed by atoms with Crippen LogP contribution in [-0.4, -0.2) is 31.9 Å². The number of hydrogen-bond acceptors (Lipinski definition) is 4. The zero-order valence-electron chi connectivity index (χ0n) is 12.9. The number of rotatable bonds is 6. The number of ether oxygens (including phenoxy) is 2. The molecule has 2 rings (SSSR count). The summed E-state index contributed by atoms with van der Waals surface area (Å²) >= 11 is 0. The number of carbonyl (C=O) groups is 1. The predicted octanol–water partition coefficient (Wildman–Crippen LogP) is 3.75. The normalized spacial score (nSPS) is 10.5. The zero-order valence-corrected chi connectivity index (χ0v) is 12.9. The number of methoxy groups -OCH3 is 1. The first-order valence-electron chi connectivity index (χ1n) is 6.90. The smallest absolute Gasteiger partial charge is 0.191 e. The van der Waals surface area contributed by atoms with Gasteiger partial charge in [0.2, 0.25) is 0 Å². The Hall–Kier alpha value is -2.75. The number of hydrogen-bond donors (Lipinski definition) is 0. The molecular formula is C18H19NO3. The number of carbonyl (C=O) groups excluding carboxylic acids is 1. The van der Waals surface area contributed by atoms with E-state index in [4.69, 9.17) is 9.47 Å². The maximum Gasteiger partial charge on any atom is 0.191 e. The van der Waals surface area contributed by atoms with Crippen LogP contribution in [0.25, 0.3) is 0 Å². The lowest BCUT2D eigenvalue weighted by Crippen LogP contribution is -2.04. The van der Waals surface area contributed by atoms with Crippen LogP contribution in [0.3, 0.4) is 0 Å². The van der Waals surface area contributed by atoms with Crippen molar-refractivity contribution in [2.24, 2.45) is 0 Å². The largest absolute Gasteiger partial charge is 0.497 e. The molecule has 0 radical (unpaired) electrons. The van der Waals surface area contributed by atoms with Crippen molar-refractivity contribution >= 4 is 5.78 Å². The van der Waals surface area contributed by atoms with E-state index < -0.39 is 0 Å². The molecule has 0 saturated carbocycles. The summed E-state index contributed by atoms with van der Waals surface area (Å²) in [5.74, 6) is 1.65. The summed E-state index contributed by atoms with van der Waals surface area (Å²) in [5.41, 5.74) is 0.489. The molecule has 0 bridgehead atoms. The van der Waals surface area contributed by atoms with Crippen LogP contribution < -0.4 is 9.47 Å². The van der Waals surface area contributed by atoms with Gasteiger partial charge in [-0.2, -0.15) is 0 Å². The predicted molar refractivity (Wildman–Crippen MR) is 86.7 cm³/mol. The first kappa shape index (κ1) is 15.6. The molecule has 0 aliphatic heterocycles. The number of allylic oxidation sites excluding steroid dienone is 1. The molecule has 2 aromatic carbocycles. The molecular weight excluding hydrogens is 278 g/mol. The van der Waals surface area contributed by atoms with E-state index in [1.807, 2.05) is 44.4 Å². The minimum absolute atomic E-state index is 0.123. The Morgan fingerprint density at radius 3 is 2.41 bits per heavy atom. The van der Waals surface area contributed by atoms with Gasteiger partial charge in [-0.3, -0.25) is 4.79 Å². The van der Waals surface area contributed by atoms with Gasteiger partial charge in [0.05, 0.1) is 12.7 Å². The van der Waals surface area contributed by atoms with Crippen molar-refractivity contribution < 1.29 is 14.3 Å². The number of para-hydroxylation sites is 1. The maximum atomic E-state index is 12.3. The van der Waals surface area contributed by atoms with E-state index in [2.05, 4.69) is 0 Å². The molecule has 114 valence electrons. The summed E-state index contributed by atoms with van der Waals surface area (Å²) in [5, 5.41) is 0. The molecule has 0 aromatic heterocycles. The van der Waals surface area contributed by atoms with E-state index in [1.54, 1.807) is 36.4 Å². The Kier molecular flexibility index (Phi) is 5.20. The summed E-state index contributed by atoms with van der Waals surface area (Å²) in [6, 6.07) is 14.5. The Balaban J connectivity index is 2.34. The molecule has 0 aliphatic rings. The first-order chi connectivity index (χ1) is 10.6. The summed E-state index contributed by atoms with van der Waals surface area (Å²) in [4.78, 5) is 14.1. The van der Waals surface area contributed by atoms with Gasteiger partial charge in [-0.25, -0.2) is 0 Å². The van der Waals surface area contributed by atoms with Gasteiger partial charge < -0.3 is 14.4 Å². The summed E-state index contributed by atoms with van der Waals surface area (Å²) in [6.45, 7) is 0. The topological polar surface area (TPSA) is 38.8 Å². The van der Waals surface area contributed by atoms with Gasteiger partial charge in [-0.05, 0) is 24.3 Å². The molecule has 2 aromatic rings. The standard InChI is InChI=1S/C18H19NO3/c1-19(2)12-11-17(20)16-10-9-15(21-3)13-18(16)22-14-7-5-4-6-8-14/h4-13H,1-3H3/b12-11+. The van der Waals surface area contributed by atoms with E-state index in [1.165, 1.54) is 6.08 Å². The minimum atomic E-state index is -0.123. The van der Waals surface area contributed by atoms with Crippen molar-refractivity contribution in [2.75, 3.05) is 21.2 Å². The first-order valence-corrected chi connectivity index (χ1v) is 6.90. The molecule has 0 saturated heterocycles. The van der Waals surface area contributed by atoms with Gasteiger partial charge in [0.1, 0.15) is 17.2 Å². The third-order valence-corrected chi connectivity index (χ3v) is 2.95. The molecule has 4 heteroatoms. The molecule has 0 heterocycles. The van der Waals surface area contributed by atoms with E-state index in [0.29, 0.717) is 22.8 Å². The van der Waals surface area contributed by atoms with Crippen molar-refractivity contribution in [1.82, 2.24) is 4.90 Å². The van der Waals surface area contributed by atoms with E-state index in [0.717, 1.165) is 0 Å². The molecule has 4 nitrogen and oxygen atoms in total. The van der Waals surface area contributed by atoms with Crippen LogP contribution in [0.1, 0.15) is 10.4 Å². The quantitative estimate of drug-likeness (QED) is 0.601. The average Bonchev–Trinajstić information content (AvgIpc) is 2.53. The van der Waals surface area contributed by atoms with Crippen LogP contribution in [0.15, 0.2) is 60.8 Å². The van der Waals surface area contributed by atoms with E-state index >= 15 is 0 Å². The highest BCUT2D eigenvalue weighted by atomic mass is 16.5. The number of ketones is 1. The number of benzene rings is 2. The van der Waals surface area contributed by atoms with Gasteiger partial charge in [-0.15, -0.1) is 0 Å². The molecule has 0 unspecified atom stereocenters. The van der Waals surface area contributed by atoms with Gasteiger partial charge in [0, 0.05) is 32.4 Å². The van der Waals surface area contributed by atoms with Crippen LogP contribution in [-0.2, 0) is 0 Å². The van der Waals surface area contributed by atoms with E-state index in [9.17, 15) is 4.79 Å². The van der Waals surface area contributed by atoms with Gasteiger partial charge in [0.15, 0.2) is 5.78 Å². The van der Waals surface area contributed by atoms with Gasteiger partial charge >= 0.3 is 0 Å². The lowest BCUT2D eigenvalue weighted by Gasteiger charge is -2.11. The minimum Gasteiger partial charge on any atom is -0.497 e. The highest BCUT2D eigenvalue weighted by Crippen LogP contribution is 2.30. The monoisotopic (exact) mass is 297 g/mol. The Bertz CT molecular complexity index is 663. The Morgan fingerprint density at radius 2 is 1.77 bits per heavy atom. The lowest BCUT2D eigenvalue weighted by atomic mass is 10.1. The SMILES string of the molecule is COc1ccc(C(=O)/C=C/N(C)C)c(Oc2ccccc2)c1.